The molecule has 0 aromatic heterocycles. The number of non-ortho nitro benzene ring substituents is 1. The lowest BCUT2D eigenvalue weighted by Crippen LogP contribution is -2.41. The Kier molecular flexibility index (Phi) is 5.58. The lowest BCUT2D eigenvalue weighted by molar-refractivity contribution is -0.385. The molecule has 1 heterocycles. The first-order chi connectivity index (χ1) is 11.2. The minimum atomic E-state index is -4.24. The first-order valence-corrected chi connectivity index (χ1v) is 7.32. The molecule has 1 aliphatic heterocycles. The summed E-state index contributed by atoms with van der Waals surface area (Å²) in [6, 6.07) is 1.24. The van der Waals surface area contributed by atoms with Crippen LogP contribution in [0, 0.1) is 27.7 Å². The third kappa shape index (κ3) is 5.02. The van der Waals surface area contributed by atoms with Crippen LogP contribution in [0.25, 0.3) is 0 Å². The van der Waals surface area contributed by atoms with Crippen molar-refractivity contribution in [3.63, 3.8) is 0 Å². The number of piperidine rings is 1. The van der Waals surface area contributed by atoms with Crippen LogP contribution in [0.15, 0.2) is 12.1 Å². The predicted molar refractivity (Wildman–Crippen MR) is 76.7 cm³/mol. The quantitative estimate of drug-likeness (QED) is 0.500. The van der Waals surface area contributed by atoms with Crippen LogP contribution >= 0.6 is 0 Å². The first-order valence-electron chi connectivity index (χ1n) is 7.32. The van der Waals surface area contributed by atoms with Gasteiger partial charge in [-0.2, -0.15) is 13.2 Å². The van der Waals surface area contributed by atoms with E-state index in [9.17, 15) is 32.1 Å². The molecule has 0 bridgehead atoms. The number of benzene rings is 1. The van der Waals surface area contributed by atoms with E-state index in [1.807, 2.05) is 0 Å². The fourth-order valence-corrected chi connectivity index (χ4v) is 2.68. The van der Waals surface area contributed by atoms with Gasteiger partial charge in [-0.05, 0) is 31.8 Å². The summed E-state index contributed by atoms with van der Waals surface area (Å²) in [5.41, 5.74) is -1.14. The number of hydrogen-bond donors (Lipinski definition) is 1. The SMILES string of the molecule is O=[N+]([O-])c1cc(F)c(NCC2CCN(CC(F)(F)F)CC2)c(F)c1. The molecule has 134 valence electrons. The molecule has 2 rings (SSSR count). The number of halogens is 5. The highest BCUT2D eigenvalue weighted by atomic mass is 19.4. The molecule has 0 aliphatic carbocycles. The van der Waals surface area contributed by atoms with Crippen molar-refractivity contribution in [2.75, 3.05) is 31.5 Å². The first kappa shape index (κ1) is 18.4. The number of nitrogens with one attached hydrogen (secondary N) is 1. The van der Waals surface area contributed by atoms with Crippen LogP contribution in [0.3, 0.4) is 0 Å². The summed E-state index contributed by atoms with van der Waals surface area (Å²) in [5.74, 6) is -2.17. The maximum atomic E-state index is 13.7. The van der Waals surface area contributed by atoms with E-state index in [2.05, 4.69) is 5.32 Å². The third-order valence-electron chi connectivity index (χ3n) is 3.92. The average molecular weight is 353 g/mol. The van der Waals surface area contributed by atoms with Gasteiger partial charge in [0, 0.05) is 6.54 Å². The smallest absolute Gasteiger partial charge is 0.380 e. The van der Waals surface area contributed by atoms with Crippen LogP contribution in [-0.2, 0) is 0 Å². The van der Waals surface area contributed by atoms with Gasteiger partial charge in [0.25, 0.3) is 5.69 Å². The lowest BCUT2D eigenvalue weighted by atomic mass is 9.96. The summed E-state index contributed by atoms with van der Waals surface area (Å²) in [5, 5.41) is 13.1. The second kappa shape index (κ2) is 7.29. The van der Waals surface area contributed by atoms with Gasteiger partial charge in [-0.1, -0.05) is 0 Å². The van der Waals surface area contributed by atoms with Crippen LogP contribution in [0.5, 0.6) is 0 Å². The van der Waals surface area contributed by atoms with Gasteiger partial charge in [0.05, 0.1) is 23.6 Å². The topological polar surface area (TPSA) is 58.4 Å². The van der Waals surface area contributed by atoms with E-state index in [-0.39, 0.29) is 25.6 Å². The van der Waals surface area contributed by atoms with Crippen molar-refractivity contribution in [2.24, 2.45) is 5.92 Å². The predicted octanol–water partition coefficient (Wildman–Crippen LogP) is 3.56. The zero-order valence-corrected chi connectivity index (χ0v) is 12.6. The van der Waals surface area contributed by atoms with Crippen molar-refractivity contribution in [3.05, 3.63) is 33.9 Å². The number of nitrogens with zero attached hydrogens (tertiary/aromatic N) is 2. The maximum Gasteiger partial charge on any atom is 0.401 e. The largest absolute Gasteiger partial charge is 0.401 e. The van der Waals surface area contributed by atoms with E-state index in [1.54, 1.807) is 0 Å². The summed E-state index contributed by atoms with van der Waals surface area (Å²) in [6.07, 6.45) is -3.30. The third-order valence-corrected chi connectivity index (χ3v) is 3.92. The Bertz CT molecular complexity index is 578. The molecular formula is C14H16F5N3O2. The van der Waals surface area contributed by atoms with E-state index < -0.39 is 40.7 Å². The molecule has 0 radical (unpaired) electrons. The molecule has 1 aromatic rings. The Labute approximate surface area is 134 Å². The Morgan fingerprint density at radius 3 is 2.21 bits per heavy atom. The molecule has 1 aromatic carbocycles. The van der Waals surface area contributed by atoms with Crippen LogP contribution in [0.1, 0.15) is 12.8 Å². The van der Waals surface area contributed by atoms with Gasteiger partial charge in [0.2, 0.25) is 0 Å². The highest BCUT2D eigenvalue weighted by molar-refractivity contribution is 5.51. The van der Waals surface area contributed by atoms with Crippen LogP contribution in [0.2, 0.25) is 0 Å². The Morgan fingerprint density at radius 2 is 1.75 bits per heavy atom. The van der Waals surface area contributed by atoms with Crippen molar-refractivity contribution in [1.82, 2.24) is 4.90 Å². The molecule has 1 saturated heterocycles. The van der Waals surface area contributed by atoms with Gasteiger partial charge in [0.1, 0.15) is 5.69 Å². The van der Waals surface area contributed by atoms with Gasteiger partial charge in [0.15, 0.2) is 11.6 Å². The second-order valence-electron chi connectivity index (χ2n) is 5.76. The standard InChI is InChI=1S/C14H16F5N3O2/c15-11-5-10(22(23)24)6-12(16)13(11)20-7-9-1-3-21(4-2-9)8-14(17,18)19/h5-6,9,20H,1-4,7-8H2. The normalized spacial score (nSPS) is 17.0. The second-order valence-corrected chi connectivity index (χ2v) is 5.76. The number of nitro groups is 1. The van der Waals surface area contributed by atoms with Gasteiger partial charge in [-0.3, -0.25) is 15.0 Å². The maximum absolute atomic E-state index is 13.7. The molecule has 0 saturated carbocycles. The minimum Gasteiger partial charge on any atom is -0.380 e. The van der Waals surface area contributed by atoms with Crippen LogP contribution < -0.4 is 5.32 Å². The molecule has 1 fully saturated rings. The van der Waals surface area contributed by atoms with Gasteiger partial charge >= 0.3 is 6.18 Å². The molecule has 0 unspecified atom stereocenters. The van der Waals surface area contributed by atoms with E-state index in [0.29, 0.717) is 25.0 Å². The number of rotatable bonds is 5. The van der Waals surface area contributed by atoms with E-state index in [4.69, 9.17) is 0 Å². The Balaban J connectivity index is 1.88. The monoisotopic (exact) mass is 353 g/mol. The van der Waals surface area contributed by atoms with Gasteiger partial charge in [-0.15, -0.1) is 0 Å². The van der Waals surface area contributed by atoms with Crippen LogP contribution in [-0.4, -0.2) is 42.2 Å². The zero-order chi connectivity index (χ0) is 17.9. The molecule has 1 N–H and O–H groups in total. The van der Waals surface area contributed by atoms with Crippen LogP contribution in [0.4, 0.5) is 33.3 Å². The molecular weight excluding hydrogens is 337 g/mol. The number of nitro benzene ring substituents is 1. The summed E-state index contributed by atoms with van der Waals surface area (Å²) < 4.78 is 64.4. The Morgan fingerprint density at radius 1 is 1.21 bits per heavy atom. The summed E-state index contributed by atoms with van der Waals surface area (Å²) in [7, 11) is 0. The number of likely N-dealkylation sites (tertiary alicyclic amines) is 1. The van der Waals surface area contributed by atoms with Crippen molar-refractivity contribution in [3.8, 4) is 0 Å². The molecule has 0 spiro atoms. The number of hydrogen-bond acceptors (Lipinski definition) is 4. The summed E-state index contributed by atoms with van der Waals surface area (Å²) in [4.78, 5) is 10.9. The van der Waals surface area contributed by atoms with Crippen molar-refractivity contribution in [2.45, 2.75) is 19.0 Å². The molecule has 0 amide bonds. The molecule has 10 heteroatoms. The molecule has 24 heavy (non-hydrogen) atoms. The van der Waals surface area contributed by atoms with E-state index in [1.165, 1.54) is 4.90 Å². The number of anilines is 1. The number of alkyl halides is 3. The average Bonchev–Trinajstić information content (AvgIpc) is 2.46. The van der Waals surface area contributed by atoms with Crippen molar-refractivity contribution < 1.29 is 26.9 Å². The lowest BCUT2D eigenvalue weighted by Gasteiger charge is -2.32. The summed E-state index contributed by atoms with van der Waals surface area (Å²) in [6.45, 7) is -0.252. The fraction of sp³-hybridized carbons (Fsp3) is 0.571. The van der Waals surface area contributed by atoms with E-state index >= 15 is 0 Å². The Hall–Kier alpha value is -1.97. The highest BCUT2D eigenvalue weighted by Gasteiger charge is 2.32. The molecule has 0 atom stereocenters. The highest BCUT2D eigenvalue weighted by Crippen LogP contribution is 2.27. The molecule has 5 nitrogen and oxygen atoms in total. The van der Waals surface area contributed by atoms with E-state index in [0.717, 1.165) is 0 Å². The molecule has 1 aliphatic rings. The van der Waals surface area contributed by atoms with Gasteiger partial charge in [-0.25, -0.2) is 8.78 Å². The van der Waals surface area contributed by atoms with Gasteiger partial charge < -0.3 is 5.32 Å². The van der Waals surface area contributed by atoms with Crippen molar-refractivity contribution in [1.29, 1.82) is 0 Å². The summed E-state index contributed by atoms with van der Waals surface area (Å²) >= 11 is 0. The fourth-order valence-electron chi connectivity index (χ4n) is 2.68. The minimum absolute atomic E-state index is 0.0246. The van der Waals surface area contributed by atoms with Crippen molar-refractivity contribution >= 4 is 11.4 Å². The zero-order valence-electron chi connectivity index (χ0n) is 12.6.